The minimum absolute atomic E-state index is 0.0110. The van der Waals surface area contributed by atoms with Crippen molar-refractivity contribution in [2.24, 2.45) is 0 Å². The van der Waals surface area contributed by atoms with Gasteiger partial charge in [-0.15, -0.1) is 0 Å². The zero-order valence-electron chi connectivity index (χ0n) is 21.3. The summed E-state index contributed by atoms with van der Waals surface area (Å²) in [4.78, 5) is 34.3. The normalized spacial score (nSPS) is 15.2. The van der Waals surface area contributed by atoms with Crippen molar-refractivity contribution in [2.45, 2.75) is 39.2 Å². The lowest BCUT2D eigenvalue weighted by molar-refractivity contribution is 0.0695. The van der Waals surface area contributed by atoms with E-state index in [-0.39, 0.29) is 16.8 Å². The van der Waals surface area contributed by atoms with E-state index in [1.165, 1.54) is 30.3 Å². The Morgan fingerprint density at radius 2 is 1.87 bits per heavy atom. The number of piperazine rings is 1. The summed E-state index contributed by atoms with van der Waals surface area (Å²) in [6.45, 7) is 4.95. The molecule has 0 radical (unpaired) electrons. The predicted octanol–water partition coefficient (Wildman–Crippen LogP) is 3.36. The Morgan fingerprint density at radius 3 is 2.61 bits per heavy atom. The Labute approximate surface area is 219 Å². The molecule has 0 atom stereocenters. The summed E-state index contributed by atoms with van der Waals surface area (Å²) < 4.78 is 16.0. The fourth-order valence-corrected chi connectivity index (χ4v) is 5.18. The average Bonchev–Trinajstić information content (AvgIpc) is 2.94. The van der Waals surface area contributed by atoms with E-state index in [9.17, 15) is 14.0 Å². The third-order valence-corrected chi connectivity index (χ3v) is 7.18. The highest BCUT2D eigenvalue weighted by Gasteiger charge is 2.21. The third-order valence-electron chi connectivity index (χ3n) is 7.18. The van der Waals surface area contributed by atoms with Gasteiger partial charge in [0.1, 0.15) is 11.2 Å². The van der Waals surface area contributed by atoms with Gasteiger partial charge in [0.2, 0.25) is 5.43 Å². The van der Waals surface area contributed by atoms with E-state index in [1.807, 2.05) is 30.0 Å². The molecule has 4 N–H and O–H groups in total. The summed E-state index contributed by atoms with van der Waals surface area (Å²) >= 11 is 0. The number of benzene rings is 1. The third kappa shape index (κ3) is 4.79. The molecule has 4 heterocycles. The number of para-hydroxylation sites is 1. The Morgan fingerprint density at radius 1 is 1.13 bits per heavy atom. The number of carboxylic acids is 1. The number of halogens is 1. The first-order valence-corrected chi connectivity index (χ1v) is 13.0. The SMILES string of the molecule is CCn1cc(C(=O)O)c(=O)c2cc(F)c(N3CCNCC3)nc21.Nc1c2c(nc3ccccc13)CCCC2. The van der Waals surface area contributed by atoms with Gasteiger partial charge in [0.25, 0.3) is 0 Å². The van der Waals surface area contributed by atoms with Gasteiger partial charge in [0.05, 0.1) is 10.9 Å². The highest BCUT2D eigenvalue weighted by Crippen LogP contribution is 2.30. The molecule has 4 aromatic rings. The van der Waals surface area contributed by atoms with E-state index in [1.54, 1.807) is 4.57 Å². The van der Waals surface area contributed by atoms with Crippen LogP contribution in [0.2, 0.25) is 0 Å². The van der Waals surface area contributed by atoms with Crippen LogP contribution >= 0.6 is 0 Å². The molecule has 1 aliphatic carbocycles. The van der Waals surface area contributed by atoms with E-state index < -0.39 is 17.2 Å². The van der Waals surface area contributed by atoms with Crippen molar-refractivity contribution < 1.29 is 14.3 Å². The maximum Gasteiger partial charge on any atom is 0.341 e. The molecule has 1 saturated heterocycles. The van der Waals surface area contributed by atoms with Crippen LogP contribution in [0.1, 0.15) is 41.4 Å². The van der Waals surface area contributed by atoms with E-state index in [4.69, 9.17) is 15.8 Å². The van der Waals surface area contributed by atoms with Gasteiger partial charge >= 0.3 is 5.97 Å². The number of hydrogen-bond donors (Lipinski definition) is 3. The van der Waals surface area contributed by atoms with Crippen LogP contribution < -0.4 is 21.4 Å². The quantitative estimate of drug-likeness (QED) is 0.377. The van der Waals surface area contributed by atoms with Crippen LogP contribution in [0.3, 0.4) is 0 Å². The van der Waals surface area contributed by atoms with Crippen LogP contribution in [0.4, 0.5) is 15.9 Å². The number of hydrogen-bond acceptors (Lipinski definition) is 7. The first kappa shape index (κ1) is 25.6. The zero-order chi connectivity index (χ0) is 26.8. The summed E-state index contributed by atoms with van der Waals surface area (Å²) in [6, 6.07) is 9.24. The topological polar surface area (TPSA) is 126 Å². The first-order valence-electron chi connectivity index (χ1n) is 13.0. The van der Waals surface area contributed by atoms with Gasteiger partial charge < -0.3 is 25.6 Å². The number of nitrogens with one attached hydrogen (secondary N) is 1. The van der Waals surface area contributed by atoms with E-state index in [0.717, 1.165) is 48.6 Å². The molecule has 0 amide bonds. The summed E-state index contributed by atoms with van der Waals surface area (Å²) in [7, 11) is 0. The number of aryl methyl sites for hydroxylation is 2. The summed E-state index contributed by atoms with van der Waals surface area (Å²) in [5.74, 6) is -1.74. The van der Waals surface area contributed by atoms with Crippen molar-refractivity contribution in [3.63, 3.8) is 0 Å². The second-order valence-electron chi connectivity index (χ2n) is 9.54. The minimum atomic E-state index is -1.33. The molecular formula is C28H31FN6O3. The van der Waals surface area contributed by atoms with Crippen LogP contribution in [-0.2, 0) is 19.4 Å². The zero-order valence-corrected chi connectivity index (χ0v) is 21.3. The lowest BCUT2D eigenvalue weighted by atomic mass is 9.93. The van der Waals surface area contributed by atoms with E-state index >= 15 is 0 Å². The Kier molecular flexibility index (Phi) is 7.24. The molecule has 9 nitrogen and oxygen atoms in total. The highest BCUT2D eigenvalue weighted by atomic mass is 19.1. The van der Waals surface area contributed by atoms with Gasteiger partial charge in [-0.25, -0.2) is 14.2 Å². The van der Waals surface area contributed by atoms with Crippen molar-refractivity contribution in [2.75, 3.05) is 36.8 Å². The van der Waals surface area contributed by atoms with Gasteiger partial charge in [0.15, 0.2) is 11.6 Å². The number of pyridine rings is 3. The molecule has 0 bridgehead atoms. The number of anilines is 2. The fourth-order valence-electron chi connectivity index (χ4n) is 5.18. The van der Waals surface area contributed by atoms with Crippen molar-refractivity contribution in [3.05, 3.63) is 69.4 Å². The number of carboxylic acid groups (broad SMARTS) is 1. The summed E-state index contributed by atoms with van der Waals surface area (Å²) in [5, 5.41) is 13.4. The van der Waals surface area contributed by atoms with Gasteiger partial charge in [-0.05, 0) is 50.3 Å². The number of carbonyl (C=O) groups is 1. The van der Waals surface area contributed by atoms with Crippen LogP contribution in [0.5, 0.6) is 0 Å². The summed E-state index contributed by atoms with van der Waals surface area (Å²) in [6.07, 6.45) is 5.94. The van der Waals surface area contributed by atoms with Crippen molar-refractivity contribution in [1.82, 2.24) is 19.9 Å². The number of aromatic nitrogens is 3. The number of nitrogens with two attached hydrogens (primary N) is 1. The molecule has 38 heavy (non-hydrogen) atoms. The molecule has 0 spiro atoms. The number of nitrogen functional groups attached to an aromatic ring is 1. The van der Waals surface area contributed by atoms with Crippen molar-refractivity contribution in [1.29, 1.82) is 0 Å². The molecular weight excluding hydrogens is 487 g/mol. The number of fused-ring (bicyclic) bond motifs is 3. The Hall–Kier alpha value is -4.05. The Balaban J connectivity index is 0.000000168. The first-order chi connectivity index (χ1) is 18.4. The number of aromatic carboxylic acids is 1. The molecule has 0 saturated carbocycles. The molecule has 1 fully saturated rings. The van der Waals surface area contributed by atoms with Crippen LogP contribution in [0.25, 0.3) is 21.9 Å². The van der Waals surface area contributed by atoms with Crippen molar-refractivity contribution in [3.8, 4) is 0 Å². The molecule has 10 heteroatoms. The van der Waals surface area contributed by atoms with Gasteiger partial charge in [-0.1, -0.05) is 18.2 Å². The Bertz CT molecular complexity index is 1580. The lowest BCUT2D eigenvalue weighted by Gasteiger charge is -2.29. The van der Waals surface area contributed by atoms with E-state index in [0.29, 0.717) is 25.3 Å². The second-order valence-corrected chi connectivity index (χ2v) is 9.54. The molecule has 2 aliphatic rings. The maximum absolute atomic E-state index is 14.4. The van der Waals surface area contributed by atoms with E-state index in [2.05, 4.69) is 16.4 Å². The fraction of sp³-hybridized carbons (Fsp3) is 0.357. The smallest absolute Gasteiger partial charge is 0.341 e. The second kappa shape index (κ2) is 10.7. The molecule has 1 aromatic carbocycles. The minimum Gasteiger partial charge on any atom is -0.477 e. The molecule has 198 valence electrons. The van der Waals surface area contributed by atoms with Crippen LogP contribution in [0.15, 0.2) is 41.3 Å². The summed E-state index contributed by atoms with van der Waals surface area (Å²) in [5.41, 5.74) is 9.91. The van der Waals surface area contributed by atoms with Crippen LogP contribution in [-0.4, -0.2) is 51.8 Å². The van der Waals surface area contributed by atoms with Gasteiger partial charge in [-0.2, -0.15) is 0 Å². The lowest BCUT2D eigenvalue weighted by Crippen LogP contribution is -2.44. The number of nitrogens with zero attached hydrogens (tertiary/aromatic N) is 4. The molecule has 1 aliphatic heterocycles. The van der Waals surface area contributed by atoms with Crippen molar-refractivity contribution >= 4 is 39.4 Å². The molecule has 0 unspecified atom stereocenters. The standard InChI is InChI=1S/C15H17FN4O3.C13H14N2/c1-2-19-8-10(15(22)23)12(21)9-7-11(16)14(18-13(9)19)20-5-3-17-4-6-20;14-13-9-5-1-3-7-11(9)15-12-8-4-2-6-10(12)13/h7-8,17H,2-6H2,1H3,(H,22,23);1,3,5,7H,2,4,6,8H2,(H2,14,15). The molecule has 6 rings (SSSR count). The van der Waals surface area contributed by atoms with Crippen LogP contribution in [0, 0.1) is 5.82 Å². The average molecular weight is 519 g/mol. The van der Waals surface area contributed by atoms with Gasteiger partial charge in [-0.3, -0.25) is 9.78 Å². The largest absolute Gasteiger partial charge is 0.477 e. The van der Waals surface area contributed by atoms with Gasteiger partial charge in [0, 0.05) is 55.7 Å². The number of rotatable bonds is 3. The maximum atomic E-state index is 14.4. The monoisotopic (exact) mass is 518 g/mol. The predicted molar refractivity (Wildman–Crippen MR) is 146 cm³/mol. The highest BCUT2D eigenvalue weighted by molar-refractivity contribution is 5.93. The molecule has 3 aromatic heterocycles.